The summed E-state index contributed by atoms with van der Waals surface area (Å²) in [6.07, 6.45) is 17.2. The van der Waals surface area contributed by atoms with Crippen molar-refractivity contribution in [1.82, 2.24) is 9.55 Å². The van der Waals surface area contributed by atoms with Gasteiger partial charge in [-0.25, -0.2) is 4.98 Å². The molecule has 0 aliphatic carbocycles. The Morgan fingerprint density at radius 1 is 1.27 bits per heavy atom. The summed E-state index contributed by atoms with van der Waals surface area (Å²) in [6, 6.07) is 6.92. The SMILES string of the molecule is CCCCc1ccc2c(c1)C(C)/C=C\C=C/Cc1nccn1-2. The van der Waals surface area contributed by atoms with Gasteiger partial charge < -0.3 is 4.57 Å². The van der Waals surface area contributed by atoms with Crippen LogP contribution in [0, 0.1) is 0 Å². The van der Waals surface area contributed by atoms with E-state index < -0.39 is 0 Å². The van der Waals surface area contributed by atoms with Gasteiger partial charge in [-0.1, -0.05) is 56.7 Å². The Kier molecular flexibility index (Phi) is 4.57. The Morgan fingerprint density at radius 2 is 2.18 bits per heavy atom. The number of rotatable bonds is 3. The van der Waals surface area contributed by atoms with Gasteiger partial charge in [0.2, 0.25) is 0 Å². The van der Waals surface area contributed by atoms with Gasteiger partial charge >= 0.3 is 0 Å². The lowest BCUT2D eigenvalue weighted by Crippen LogP contribution is -2.06. The van der Waals surface area contributed by atoms with Crippen LogP contribution < -0.4 is 0 Å². The van der Waals surface area contributed by atoms with Gasteiger partial charge in [0, 0.05) is 24.7 Å². The molecular formula is C20H24N2. The van der Waals surface area contributed by atoms with Gasteiger partial charge in [0.1, 0.15) is 5.82 Å². The molecule has 2 aromatic rings. The average molecular weight is 292 g/mol. The van der Waals surface area contributed by atoms with Gasteiger partial charge in [-0.2, -0.15) is 0 Å². The molecule has 0 N–H and O–H groups in total. The number of benzene rings is 1. The summed E-state index contributed by atoms with van der Waals surface area (Å²) in [6.45, 7) is 4.52. The van der Waals surface area contributed by atoms with E-state index in [0.717, 1.165) is 18.7 Å². The summed E-state index contributed by atoms with van der Waals surface area (Å²) >= 11 is 0. The predicted molar refractivity (Wildman–Crippen MR) is 92.6 cm³/mol. The van der Waals surface area contributed by atoms with E-state index in [1.165, 1.54) is 29.7 Å². The molecule has 1 unspecified atom stereocenters. The van der Waals surface area contributed by atoms with Crippen LogP contribution in [0.15, 0.2) is 54.9 Å². The average Bonchev–Trinajstić information content (AvgIpc) is 3.00. The number of hydrogen-bond donors (Lipinski definition) is 0. The van der Waals surface area contributed by atoms with Gasteiger partial charge in [-0.05, 0) is 30.0 Å². The fraction of sp³-hybridized carbons (Fsp3) is 0.350. The van der Waals surface area contributed by atoms with Crippen LogP contribution in [-0.2, 0) is 12.8 Å². The van der Waals surface area contributed by atoms with E-state index in [2.05, 4.69) is 72.1 Å². The highest BCUT2D eigenvalue weighted by atomic mass is 15.1. The summed E-state index contributed by atoms with van der Waals surface area (Å²) < 4.78 is 2.24. The molecule has 114 valence electrons. The van der Waals surface area contributed by atoms with Crippen LogP contribution in [-0.4, -0.2) is 9.55 Å². The number of fused-ring (bicyclic) bond motifs is 3. The zero-order chi connectivity index (χ0) is 15.4. The van der Waals surface area contributed by atoms with E-state index in [-0.39, 0.29) is 0 Å². The van der Waals surface area contributed by atoms with Crippen LogP contribution in [0.4, 0.5) is 0 Å². The zero-order valence-corrected chi connectivity index (χ0v) is 13.5. The van der Waals surface area contributed by atoms with Gasteiger partial charge in [-0.3, -0.25) is 0 Å². The third kappa shape index (κ3) is 3.06. The summed E-state index contributed by atoms with van der Waals surface area (Å²) in [5.41, 5.74) is 4.09. The molecule has 0 amide bonds. The quantitative estimate of drug-likeness (QED) is 0.779. The van der Waals surface area contributed by atoms with E-state index in [9.17, 15) is 0 Å². The minimum Gasteiger partial charge on any atom is -0.303 e. The first-order valence-corrected chi connectivity index (χ1v) is 8.28. The first kappa shape index (κ1) is 14.8. The smallest absolute Gasteiger partial charge is 0.117 e. The molecule has 0 fully saturated rings. The van der Waals surface area contributed by atoms with Gasteiger partial charge in [0.05, 0.1) is 5.69 Å². The molecule has 2 heterocycles. The number of aryl methyl sites for hydroxylation is 1. The van der Waals surface area contributed by atoms with Crippen molar-refractivity contribution in [2.75, 3.05) is 0 Å². The zero-order valence-electron chi connectivity index (χ0n) is 13.5. The number of imidazole rings is 1. The second-order valence-electron chi connectivity index (χ2n) is 6.02. The van der Waals surface area contributed by atoms with Crippen molar-refractivity contribution in [1.29, 1.82) is 0 Å². The summed E-state index contributed by atoms with van der Waals surface area (Å²) in [5.74, 6) is 1.50. The lowest BCUT2D eigenvalue weighted by Gasteiger charge is -2.18. The molecular weight excluding hydrogens is 268 g/mol. The second-order valence-corrected chi connectivity index (χ2v) is 6.02. The third-order valence-electron chi connectivity index (χ3n) is 4.33. The third-order valence-corrected chi connectivity index (χ3v) is 4.33. The van der Waals surface area contributed by atoms with E-state index in [4.69, 9.17) is 0 Å². The topological polar surface area (TPSA) is 17.8 Å². The van der Waals surface area contributed by atoms with Crippen LogP contribution >= 0.6 is 0 Å². The van der Waals surface area contributed by atoms with Gasteiger partial charge in [0.25, 0.3) is 0 Å². The minimum absolute atomic E-state index is 0.398. The summed E-state index contributed by atoms with van der Waals surface area (Å²) in [7, 11) is 0. The maximum absolute atomic E-state index is 4.51. The first-order chi connectivity index (χ1) is 10.8. The van der Waals surface area contributed by atoms with Gasteiger partial charge in [0.15, 0.2) is 0 Å². The Balaban J connectivity index is 2.09. The van der Waals surface area contributed by atoms with Crippen molar-refractivity contribution in [3.63, 3.8) is 0 Å². The van der Waals surface area contributed by atoms with Crippen molar-refractivity contribution < 1.29 is 0 Å². The highest BCUT2D eigenvalue weighted by molar-refractivity contribution is 5.48. The second kappa shape index (κ2) is 6.78. The van der Waals surface area contributed by atoms with Gasteiger partial charge in [-0.15, -0.1) is 0 Å². The molecule has 0 saturated carbocycles. The van der Waals surface area contributed by atoms with Crippen LogP contribution in [0.25, 0.3) is 5.69 Å². The molecule has 0 saturated heterocycles. The molecule has 0 spiro atoms. The van der Waals surface area contributed by atoms with Crippen molar-refractivity contribution in [2.24, 2.45) is 0 Å². The molecule has 0 radical (unpaired) electrons. The maximum atomic E-state index is 4.51. The number of aromatic nitrogens is 2. The van der Waals surface area contributed by atoms with Crippen LogP contribution in [0.1, 0.15) is 49.6 Å². The number of hydrogen-bond acceptors (Lipinski definition) is 1. The van der Waals surface area contributed by atoms with Crippen LogP contribution in [0.3, 0.4) is 0 Å². The fourth-order valence-electron chi connectivity index (χ4n) is 3.02. The van der Waals surface area contributed by atoms with Crippen molar-refractivity contribution in [2.45, 2.75) is 45.4 Å². The first-order valence-electron chi connectivity index (χ1n) is 8.28. The molecule has 2 nitrogen and oxygen atoms in total. The Morgan fingerprint density at radius 3 is 3.05 bits per heavy atom. The number of allylic oxidation sites excluding steroid dienone is 4. The minimum atomic E-state index is 0.398. The molecule has 1 aliphatic heterocycles. The standard InChI is InChI=1S/C20H24N2/c1-3-4-9-17-11-12-19-18(15-17)16(2)8-6-5-7-10-20-21-13-14-22(19)20/h5-8,11-16H,3-4,9-10H2,1-2H3/b7-5-,8-6-. The van der Waals surface area contributed by atoms with Crippen LogP contribution in [0.2, 0.25) is 0 Å². The van der Waals surface area contributed by atoms with E-state index in [1.54, 1.807) is 0 Å². The lowest BCUT2D eigenvalue weighted by molar-refractivity contribution is 0.790. The highest BCUT2D eigenvalue weighted by Gasteiger charge is 2.14. The van der Waals surface area contributed by atoms with Crippen molar-refractivity contribution in [3.05, 3.63) is 71.8 Å². The van der Waals surface area contributed by atoms with Crippen molar-refractivity contribution >= 4 is 0 Å². The molecule has 1 aromatic carbocycles. The van der Waals surface area contributed by atoms with Crippen molar-refractivity contribution in [3.8, 4) is 5.69 Å². The Labute approximate surface area is 133 Å². The highest BCUT2D eigenvalue weighted by Crippen LogP contribution is 2.28. The van der Waals surface area contributed by atoms with E-state index in [1.807, 2.05) is 6.20 Å². The van der Waals surface area contributed by atoms with E-state index in [0.29, 0.717) is 5.92 Å². The molecule has 1 atom stereocenters. The lowest BCUT2D eigenvalue weighted by atomic mass is 9.94. The monoisotopic (exact) mass is 292 g/mol. The van der Waals surface area contributed by atoms with E-state index >= 15 is 0 Å². The molecule has 0 bridgehead atoms. The molecule has 22 heavy (non-hydrogen) atoms. The Bertz CT molecular complexity index is 691. The van der Waals surface area contributed by atoms with Crippen LogP contribution in [0.5, 0.6) is 0 Å². The molecule has 3 rings (SSSR count). The molecule has 2 heteroatoms. The summed E-state index contributed by atoms with van der Waals surface area (Å²) in [5, 5.41) is 0. The maximum Gasteiger partial charge on any atom is 0.117 e. The molecule has 1 aliphatic rings. The molecule has 1 aromatic heterocycles. The Hall–Kier alpha value is -2.09. The largest absolute Gasteiger partial charge is 0.303 e. The summed E-state index contributed by atoms with van der Waals surface area (Å²) in [4.78, 5) is 4.51. The fourth-order valence-corrected chi connectivity index (χ4v) is 3.02. The normalized spacial score (nSPS) is 20.0. The number of unbranched alkanes of at least 4 members (excludes halogenated alkanes) is 1. The predicted octanol–water partition coefficient (Wildman–Crippen LogP) is 4.99. The number of nitrogens with zero attached hydrogens (tertiary/aromatic N) is 2.